The molecule has 18 nitrogen and oxygen atoms in total. The summed E-state index contributed by atoms with van der Waals surface area (Å²) < 4.78 is 36.0. The number of carbonyl (C=O) groups excluding carboxylic acids is 2. The molecule has 0 radical (unpaired) electrons. The third kappa shape index (κ3) is 24.5. The lowest BCUT2D eigenvalue weighted by atomic mass is 9.97. The Kier molecular flexibility index (Phi) is 35.1. The van der Waals surface area contributed by atoms with Crippen LogP contribution in [0.4, 0.5) is 17.3 Å². The largest absolute Gasteiger partial charge is 0.493 e. The third-order valence-electron chi connectivity index (χ3n) is 16.4. The van der Waals surface area contributed by atoms with Crippen LogP contribution in [0.1, 0.15) is 157 Å². The Balaban J connectivity index is 0.000000198. The molecule has 0 saturated carbocycles. The summed E-state index contributed by atoms with van der Waals surface area (Å²) in [5.41, 5.74) is 8.63. The number of piperidine rings is 1. The maximum atomic E-state index is 12.5. The van der Waals surface area contributed by atoms with Crippen molar-refractivity contribution in [1.82, 2.24) is 25.5 Å². The minimum Gasteiger partial charge on any atom is -0.493 e. The van der Waals surface area contributed by atoms with E-state index >= 15 is 0 Å². The highest BCUT2D eigenvalue weighted by atomic mass is 79.9. The van der Waals surface area contributed by atoms with Gasteiger partial charge in [0.2, 0.25) is 12.0 Å². The molecule has 1 fully saturated rings. The average Bonchev–Trinajstić information content (AvgIpc) is 1.59. The average molecular weight is 1520 g/mol. The van der Waals surface area contributed by atoms with Gasteiger partial charge in [0.05, 0.1) is 84.5 Å². The second-order valence-corrected chi connectivity index (χ2v) is 28.3. The number of benzene rings is 6. The number of isocyanates is 1. The number of nitrogens with zero attached hydrogens (tertiary/aromatic N) is 6. The maximum absolute atomic E-state index is 12.5. The van der Waals surface area contributed by atoms with Gasteiger partial charge in [0.25, 0.3) is 0 Å². The second-order valence-electron chi connectivity index (χ2n) is 23.0. The van der Waals surface area contributed by atoms with Gasteiger partial charge >= 0.3 is 0 Å². The zero-order valence-corrected chi connectivity index (χ0v) is 62.8. The van der Waals surface area contributed by atoms with Gasteiger partial charge in [0.1, 0.15) is 11.7 Å². The number of ketones is 1. The molecule has 96 heavy (non-hydrogen) atoms. The molecule has 0 bridgehead atoms. The number of hydrogen-bond donors (Lipinski definition) is 4. The standard InChI is InChI=1S/C22H25BrN2O3.C20H21BrN4O2.C12H27P.C11H15N3.C9H8BrNO3/c1-27-20-12-16(18(23)13-21(20)28-2)11-17(26)14-24-22-10-6-9-19(25-22)15-7-4-3-5-8-15;1-26-17-11-14(21)15(12-18(17)27-2)22-20-24-23-19-10-6-9-16(25(19)20)13-7-4-3-5-8-13;1-4-7-10-13(11-8-5-2)12-9-6-3;12-14-11-8-4-7-10(13-11)9-5-2-1-3-6-9;1-13-8-3-6(10)7(11-5-12)4-9(8)14-2/h3-5,7-8,12-13,19H,6,9-11,14H2,1-2H3,(H,24,25);3-5,7-8,11-12,16H,6,9-10H2,1-2H3,(H,22,24);4-12H2,1-3H3;1-3,5-6,10H,4,7-8,12H2,(H,13,14);3-4H,1-2H3. The molecule has 0 aliphatic carbocycles. The van der Waals surface area contributed by atoms with E-state index in [-0.39, 0.29) is 30.5 Å². The number of fused-ring (bicyclic) bond motifs is 1. The number of nitrogens with two attached hydrogens (primary N) is 1. The van der Waals surface area contributed by atoms with Crippen LogP contribution in [0, 0.1) is 0 Å². The van der Waals surface area contributed by atoms with E-state index < -0.39 is 0 Å². The quantitative estimate of drug-likeness (QED) is 0.0138. The van der Waals surface area contributed by atoms with Crippen molar-refractivity contribution in [2.45, 2.75) is 142 Å². The van der Waals surface area contributed by atoms with Gasteiger partial charge in [-0.15, -0.1) is 18.1 Å². The minimum absolute atomic E-state index is 0.0593. The van der Waals surface area contributed by atoms with E-state index in [2.05, 4.69) is 175 Å². The number of unbranched alkanes of at least 4 members (excludes halogenated alkanes) is 3. The summed E-state index contributed by atoms with van der Waals surface area (Å²) in [7, 11) is 9.89. The normalized spacial score (nSPS) is 15.6. The summed E-state index contributed by atoms with van der Waals surface area (Å²) in [5, 5.41) is 15.7. The Morgan fingerprint density at radius 2 is 1.14 bits per heavy atom. The Bertz CT molecular complexity index is 3560. The first kappa shape index (κ1) is 77.9. The summed E-state index contributed by atoms with van der Waals surface area (Å²) in [4.78, 5) is 35.2. The molecule has 0 amide bonds. The molecule has 3 aliphatic rings. The monoisotopic (exact) mass is 1520 g/mol. The van der Waals surface area contributed by atoms with E-state index in [0.29, 0.717) is 59.0 Å². The van der Waals surface area contributed by atoms with Gasteiger partial charge in [0, 0.05) is 63.4 Å². The van der Waals surface area contributed by atoms with E-state index in [9.17, 15) is 9.59 Å². The van der Waals surface area contributed by atoms with Gasteiger partial charge in [-0.2, -0.15) is 4.99 Å². The molecule has 4 heterocycles. The lowest BCUT2D eigenvalue weighted by Crippen LogP contribution is -2.33. The Hall–Kier alpha value is -7.12. The number of amidine groups is 2. The first-order valence-electron chi connectivity index (χ1n) is 33.0. The van der Waals surface area contributed by atoms with Crippen LogP contribution in [0.2, 0.25) is 0 Å². The number of hydrogen-bond acceptors (Lipinski definition) is 16. The highest BCUT2D eigenvalue weighted by molar-refractivity contribution is 9.11. The number of nitrogens with one attached hydrogen (secondary N) is 3. The second kappa shape index (κ2) is 43.2. The molecule has 22 heteroatoms. The lowest BCUT2D eigenvalue weighted by molar-refractivity contribution is -0.117. The topological polar surface area (TPSA) is 219 Å². The molecule has 10 rings (SSSR count). The number of methoxy groups -OCH3 is 6. The van der Waals surface area contributed by atoms with E-state index in [1.54, 1.807) is 59.1 Å². The van der Waals surface area contributed by atoms with Crippen LogP contribution in [-0.4, -0.2) is 106 Å². The number of anilines is 2. The van der Waals surface area contributed by atoms with Crippen molar-refractivity contribution >= 4 is 96.6 Å². The fourth-order valence-corrected chi connectivity index (χ4v) is 15.4. The van der Waals surface area contributed by atoms with Crippen LogP contribution in [0.15, 0.2) is 156 Å². The van der Waals surface area contributed by atoms with Gasteiger partial charge in [-0.05, 0) is 143 Å². The van der Waals surface area contributed by atoms with Gasteiger partial charge in [-0.1, -0.05) is 147 Å². The number of hydrazine groups is 1. The third-order valence-corrected chi connectivity index (χ3v) is 21.2. The van der Waals surface area contributed by atoms with Crippen LogP contribution in [-0.2, 0) is 22.4 Å². The SMILES string of the molecule is CCCCP(CCCC)CCCC.COc1cc(Br)c(CC(=O)CN=C2CCCC(c3ccccc3)N2)cc1OC.COc1cc(Br)c(N=C=O)cc1OC.COc1cc(Br)c(Nc2nnc3n2C(c2ccccc2)CCC3)cc1OC.NNC1=NC(c2ccccc2)CCC1. The zero-order valence-electron chi connectivity index (χ0n) is 57.1. The Morgan fingerprint density at radius 3 is 1.70 bits per heavy atom. The van der Waals surface area contributed by atoms with Crippen molar-refractivity contribution < 1.29 is 38.0 Å². The fourth-order valence-electron chi connectivity index (χ4n) is 11.2. The molecular formula is C74H96Br3N10O8P. The highest BCUT2D eigenvalue weighted by Gasteiger charge is 2.27. The maximum Gasteiger partial charge on any atom is 0.240 e. The van der Waals surface area contributed by atoms with Crippen molar-refractivity contribution in [2.75, 3.05) is 73.0 Å². The van der Waals surface area contributed by atoms with Crippen molar-refractivity contribution in [1.29, 1.82) is 0 Å². The molecule has 6 aromatic carbocycles. The van der Waals surface area contributed by atoms with Gasteiger partial charge in [0.15, 0.2) is 40.3 Å². The van der Waals surface area contributed by atoms with Crippen molar-refractivity contribution in [3.63, 3.8) is 0 Å². The van der Waals surface area contributed by atoms with Crippen LogP contribution in [0.5, 0.6) is 34.5 Å². The van der Waals surface area contributed by atoms with E-state index in [1.165, 1.54) is 75.5 Å². The number of aliphatic imine (C=N–C) groups is 3. The Morgan fingerprint density at radius 1 is 0.625 bits per heavy atom. The first-order chi connectivity index (χ1) is 46.8. The minimum atomic E-state index is 0.0593. The summed E-state index contributed by atoms with van der Waals surface area (Å²) in [5.74, 6) is 12.6. The summed E-state index contributed by atoms with van der Waals surface area (Å²) in [6.07, 6.45) is 24.4. The lowest BCUT2D eigenvalue weighted by Gasteiger charge is -2.26. The number of Topliss-reactive ketones (excluding diaryl/α,β-unsaturated/α-hetero) is 1. The summed E-state index contributed by atoms with van der Waals surface area (Å²) in [6, 6.07) is 42.7. The molecule has 516 valence electrons. The molecule has 3 atom stereocenters. The van der Waals surface area contributed by atoms with E-state index in [4.69, 9.17) is 34.3 Å². The summed E-state index contributed by atoms with van der Waals surface area (Å²) in [6.45, 7) is 7.11. The molecule has 5 N–H and O–H groups in total. The number of halogens is 3. The Labute approximate surface area is 594 Å². The first-order valence-corrected chi connectivity index (χ1v) is 37.3. The molecule has 1 aromatic heterocycles. The molecule has 0 spiro atoms. The molecular weight excluding hydrogens is 1430 g/mol. The van der Waals surface area contributed by atoms with E-state index in [0.717, 1.165) is 101 Å². The number of rotatable bonds is 25. The van der Waals surface area contributed by atoms with Crippen molar-refractivity contribution in [2.24, 2.45) is 20.8 Å². The van der Waals surface area contributed by atoms with Crippen LogP contribution < -0.4 is 50.3 Å². The predicted molar refractivity (Wildman–Crippen MR) is 402 cm³/mol. The summed E-state index contributed by atoms with van der Waals surface area (Å²) >= 11 is 10.3. The van der Waals surface area contributed by atoms with Gasteiger partial charge < -0.3 is 44.5 Å². The molecule has 1 saturated heterocycles. The van der Waals surface area contributed by atoms with Crippen LogP contribution in [0.3, 0.4) is 0 Å². The fraction of sp³-hybridized carbons (Fsp3) is 0.432. The number of carbonyl (C=O) groups is 1. The predicted octanol–water partition coefficient (Wildman–Crippen LogP) is 18.3. The number of ether oxygens (including phenoxy) is 6. The molecule has 7 aromatic rings. The van der Waals surface area contributed by atoms with E-state index in [1.807, 2.05) is 54.6 Å². The van der Waals surface area contributed by atoms with Crippen LogP contribution in [0.25, 0.3) is 0 Å². The van der Waals surface area contributed by atoms with Crippen molar-refractivity contribution in [3.05, 3.63) is 169 Å². The highest BCUT2D eigenvalue weighted by Crippen LogP contribution is 2.42. The molecule has 3 unspecified atom stereocenters. The molecule has 3 aliphatic heterocycles. The van der Waals surface area contributed by atoms with Gasteiger partial charge in [-0.3, -0.25) is 19.3 Å². The smallest absolute Gasteiger partial charge is 0.240 e. The van der Waals surface area contributed by atoms with Crippen LogP contribution >= 0.6 is 55.7 Å². The zero-order chi connectivity index (χ0) is 69.0. The number of aromatic nitrogens is 3. The van der Waals surface area contributed by atoms with Crippen molar-refractivity contribution in [3.8, 4) is 34.5 Å². The number of aryl methyl sites for hydroxylation is 1. The van der Waals surface area contributed by atoms with Gasteiger partial charge in [-0.25, -0.2) is 10.6 Å².